The number of hydrogen-bond acceptors (Lipinski definition) is 4. The van der Waals surface area contributed by atoms with Crippen molar-refractivity contribution in [1.29, 1.82) is 0 Å². The minimum atomic E-state index is 0.0872. The summed E-state index contributed by atoms with van der Waals surface area (Å²) in [7, 11) is 1.56. The van der Waals surface area contributed by atoms with Crippen LogP contribution < -0.4 is 0 Å². The van der Waals surface area contributed by atoms with Crippen molar-refractivity contribution >= 4 is 5.91 Å². The van der Waals surface area contributed by atoms with Crippen molar-refractivity contribution in [2.24, 2.45) is 5.92 Å². The van der Waals surface area contributed by atoms with Gasteiger partial charge in [0.25, 0.3) is 0 Å². The molecule has 0 spiro atoms. The van der Waals surface area contributed by atoms with Crippen LogP contribution in [0.5, 0.6) is 0 Å². The molecule has 3 rings (SSSR count). The number of amides is 1. The van der Waals surface area contributed by atoms with Gasteiger partial charge in [-0.15, -0.1) is 0 Å². The van der Waals surface area contributed by atoms with Gasteiger partial charge in [0, 0.05) is 31.7 Å². The summed E-state index contributed by atoms with van der Waals surface area (Å²) in [5, 5.41) is 4.27. The quantitative estimate of drug-likeness (QED) is 0.856. The van der Waals surface area contributed by atoms with Gasteiger partial charge in [-0.1, -0.05) is 12.1 Å². The molecule has 1 fully saturated rings. The molecule has 2 heterocycles. The molecule has 0 aromatic carbocycles. The van der Waals surface area contributed by atoms with Crippen LogP contribution in [0, 0.1) is 5.92 Å². The fourth-order valence-corrected chi connectivity index (χ4v) is 3.53. The highest BCUT2D eigenvalue weighted by atomic mass is 16.5. The fourth-order valence-electron chi connectivity index (χ4n) is 3.53. The largest absolute Gasteiger partial charge is 0.375 e. The standard InChI is InChI=1S/C16H24N2O3/c1-11-3-4-14-13(9-11)16(21-17-14)12-5-7-18(8-6-12)15(19)10-20-2/h11-12H,3-10H2,1-2H3/t11-/m0/s1. The van der Waals surface area contributed by atoms with E-state index in [9.17, 15) is 4.79 Å². The number of rotatable bonds is 3. The summed E-state index contributed by atoms with van der Waals surface area (Å²) >= 11 is 0. The highest BCUT2D eigenvalue weighted by Crippen LogP contribution is 2.36. The van der Waals surface area contributed by atoms with Crippen molar-refractivity contribution in [3.63, 3.8) is 0 Å². The molecule has 1 saturated heterocycles. The number of fused-ring (bicyclic) bond motifs is 1. The smallest absolute Gasteiger partial charge is 0.248 e. The Bertz CT molecular complexity index is 504. The van der Waals surface area contributed by atoms with Gasteiger partial charge >= 0.3 is 0 Å². The number of aromatic nitrogens is 1. The molecule has 1 aliphatic carbocycles. The first-order valence-electron chi connectivity index (χ1n) is 7.93. The third kappa shape index (κ3) is 2.98. The Morgan fingerprint density at radius 3 is 2.86 bits per heavy atom. The Balaban J connectivity index is 1.65. The predicted molar refractivity (Wildman–Crippen MR) is 78.1 cm³/mol. The van der Waals surface area contributed by atoms with Crippen LogP contribution in [0.15, 0.2) is 4.52 Å². The molecule has 1 aliphatic heterocycles. The maximum atomic E-state index is 11.8. The maximum absolute atomic E-state index is 11.8. The van der Waals surface area contributed by atoms with E-state index in [0.717, 1.165) is 50.5 Å². The molecule has 0 bridgehead atoms. The van der Waals surface area contributed by atoms with E-state index in [0.29, 0.717) is 5.92 Å². The van der Waals surface area contributed by atoms with Crippen molar-refractivity contribution in [2.75, 3.05) is 26.8 Å². The molecule has 0 radical (unpaired) electrons. The van der Waals surface area contributed by atoms with E-state index in [2.05, 4.69) is 12.1 Å². The first-order valence-corrected chi connectivity index (χ1v) is 7.93. The van der Waals surface area contributed by atoms with Gasteiger partial charge in [0.05, 0.1) is 5.69 Å². The third-order valence-corrected chi connectivity index (χ3v) is 4.81. The summed E-state index contributed by atoms with van der Waals surface area (Å²) in [6.45, 7) is 4.06. The molecule has 116 valence electrons. The molecule has 5 nitrogen and oxygen atoms in total. The number of piperidine rings is 1. The fraction of sp³-hybridized carbons (Fsp3) is 0.750. The van der Waals surface area contributed by atoms with Crippen LogP contribution in [0.2, 0.25) is 0 Å². The zero-order valence-electron chi connectivity index (χ0n) is 12.9. The number of likely N-dealkylation sites (tertiary alicyclic amines) is 1. The summed E-state index contributed by atoms with van der Waals surface area (Å²) in [5.74, 6) is 2.32. The molecule has 0 saturated carbocycles. The van der Waals surface area contributed by atoms with Crippen LogP contribution >= 0.6 is 0 Å². The second-order valence-corrected chi connectivity index (χ2v) is 6.41. The van der Waals surface area contributed by atoms with Crippen LogP contribution in [-0.4, -0.2) is 42.8 Å². The average Bonchev–Trinajstić information content (AvgIpc) is 2.90. The molecule has 5 heteroatoms. The number of aryl methyl sites for hydroxylation is 1. The maximum Gasteiger partial charge on any atom is 0.248 e. The van der Waals surface area contributed by atoms with Crippen LogP contribution in [0.3, 0.4) is 0 Å². The molecule has 1 atom stereocenters. The van der Waals surface area contributed by atoms with E-state index in [-0.39, 0.29) is 12.5 Å². The minimum absolute atomic E-state index is 0.0872. The van der Waals surface area contributed by atoms with E-state index in [1.807, 2.05) is 4.90 Å². The van der Waals surface area contributed by atoms with Crippen molar-refractivity contribution < 1.29 is 14.1 Å². The van der Waals surface area contributed by atoms with Crippen molar-refractivity contribution in [1.82, 2.24) is 10.1 Å². The summed E-state index contributed by atoms with van der Waals surface area (Å²) in [4.78, 5) is 13.7. The SMILES string of the molecule is COCC(=O)N1CCC(c2onc3c2C[C@@H](C)CC3)CC1. The van der Waals surface area contributed by atoms with Crippen LogP contribution in [0.25, 0.3) is 0 Å². The van der Waals surface area contributed by atoms with Gasteiger partial charge in [0.15, 0.2) is 0 Å². The second kappa shape index (κ2) is 6.18. The van der Waals surface area contributed by atoms with E-state index in [1.165, 1.54) is 17.7 Å². The Kier molecular flexibility index (Phi) is 4.29. The van der Waals surface area contributed by atoms with Gasteiger partial charge in [0.2, 0.25) is 5.91 Å². The van der Waals surface area contributed by atoms with Gasteiger partial charge in [-0.3, -0.25) is 4.79 Å². The number of hydrogen-bond donors (Lipinski definition) is 0. The zero-order chi connectivity index (χ0) is 14.8. The topological polar surface area (TPSA) is 55.6 Å². The second-order valence-electron chi connectivity index (χ2n) is 6.41. The lowest BCUT2D eigenvalue weighted by atomic mass is 9.83. The Morgan fingerprint density at radius 1 is 1.38 bits per heavy atom. The van der Waals surface area contributed by atoms with Crippen molar-refractivity contribution in [3.8, 4) is 0 Å². The van der Waals surface area contributed by atoms with Crippen molar-refractivity contribution in [3.05, 3.63) is 17.0 Å². The summed E-state index contributed by atoms with van der Waals surface area (Å²) in [6.07, 6.45) is 5.28. The van der Waals surface area contributed by atoms with Gasteiger partial charge in [-0.05, 0) is 38.0 Å². The normalized spacial score (nSPS) is 23.1. The number of methoxy groups -OCH3 is 1. The van der Waals surface area contributed by atoms with Crippen LogP contribution in [0.4, 0.5) is 0 Å². The molecule has 2 aliphatic rings. The molecule has 1 aromatic heterocycles. The Morgan fingerprint density at radius 2 is 2.14 bits per heavy atom. The summed E-state index contributed by atoms with van der Waals surface area (Å²) in [6, 6.07) is 0. The molecule has 1 aromatic rings. The molecular formula is C16H24N2O3. The summed E-state index contributed by atoms with van der Waals surface area (Å²) < 4.78 is 10.6. The van der Waals surface area contributed by atoms with Crippen LogP contribution in [0.1, 0.15) is 49.1 Å². The van der Waals surface area contributed by atoms with E-state index in [1.54, 1.807) is 7.11 Å². The first-order chi connectivity index (χ1) is 10.2. The zero-order valence-corrected chi connectivity index (χ0v) is 12.9. The minimum Gasteiger partial charge on any atom is -0.375 e. The molecule has 1 amide bonds. The van der Waals surface area contributed by atoms with Crippen molar-refractivity contribution in [2.45, 2.75) is 44.9 Å². The number of carbonyl (C=O) groups excluding carboxylic acids is 1. The molecular weight excluding hydrogens is 268 g/mol. The number of carbonyl (C=O) groups is 1. The van der Waals surface area contributed by atoms with Crippen LogP contribution in [-0.2, 0) is 22.4 Å². The first kappa shape index (κ1) is 14.6. The van der Waals surface area contributed by atoms with Gasteiger partial charge in [-0.2, -0.15) is 0 Å². The highest BCUT2D eigenvalue weighted by molar-refractivity contribution is 5.77. The molecule has 0 N–H and O–H groups in total. The van der Waals surface area contributed by atoms with Gasteiger partial charge < -0.3 is 14.2 Å². The Labute approximate surface area is 125 Å². The average molecular weight is 292 g/mol. The lowest BCUT2D eigenvalue weighted by molar-refractivity contribution is -0.136. The monoisotopic (exact) mass is 292 g/mol. The third-order valence-electron chi connectivity index (χ3n) is 4.81. The highest BCUT2D eigenvalue weighted by Gasteiger charge is 2.31. The number of ether oxygens (including phenoxy) is 1. The summed E-state index contributed by atoms with van der Waals surface area (Å²) in [5.41, 5.74) is 2.52. The van der Waals surface area contributed by atoms with E-state index >= 15 is 0 Å². The number of nitrogens with zero attached hydrogens (tertiary/aromatic N) is 2. The van der Waals surface area contributed by atoms with E-state index in [4.69, 9.17) is 9.26 Å². The molecule has 0 unspecified atom stereocenters. The van der Waals surface area contributed by atoms with E-state index < -0.39 is 0 Å². The lowest BCUT2D eigenvalue weighted by Crippen LogP contribution is -2.39. The Hall–Kier alpha value is -1.36. The van der Waals surface area contributed by atoms with Gasteiger partial charge in [0.1, 0.15) is 12.4 Å². The lowest BCUT2D eigenvalue weighted by Gasteiger charge is -2.31. The molecule has 21 heavy (non-hydrogen) atoms. The predicted octanol–water partition coefficient (Wildman–Crippen LogP) is 2.15. The van der Waals surface area contributed by atoms with Gasteiger partial charge in [-0.25, -0.2) is 0 Å².